The van der Waals surface area contributed by atoms with E-state index in [4.69, 9.17) is 4.43 Å². The molecule has 0 N–H and O–H groups in total. The van der Waals surface area contributed by atoms with Gasteiger partial charge in [-0.25, -0.2) is 4.52 Å². The summed E-state index contributed by atoms with van der Waals surface area (Å²) >= 11 is 0. The molecule has 0 fully saturated rings. The molecule has 0 radical (unpaired) electrons. The number of aromatic nitrogens is 2. The molecule has 0 spiro atoms. The van der Waals surface area contributed by atoms with Crippen molar-refractivity contribution in [3.8, 4) is 0 Å². The Morgan fingerprint density at radius 3 is 2.61 bits per heavy atom. The molecule has 0 aromatic carbocycles. The first-order valence-corrected chi connectivity index (χ1v) is 9.28. The number of hydrogen-bond acceptors (Lipinski definition) is 2. The van der Waals surface area contributed by atoms with Crippen molar-refractivity contribution in [1.29, 1.82) is 0 Å². The monoisotopic (exact) mass is 262 g/mol. The van der Waals surface area contributed by atoms with Crippen LogP contribution in [0.25, 0.3) is 5.52 Å². The summed E-state index contributed by atoms with van der Waals surface area (Å²) in [6, 6.07) is 8.16. The quantitative estimate of drug-likeness (QED) is 0.785. The first-order valence-electron chi connectivity index (χ1n) is 6.37. The van der Waals surface area contributed by atoms with Crippen molar-refractivity contribution < 1.29 is 4.43 Å². The van der Waals surface area contributed by atoms with E-state index in [1.165, 1.54) is 0 Å². The second kappa shape index (κ2) is 4.52. The highest BCUT2D eigenvalue weighted by atomic mass is 28.4. The average molecular weight is 262 g/mol. The van der Waals surface area contributed by atoms with Gasteiger partial charge in [0.05, 0.1) is 17.8 Å². The van der Waals surface area contributed by atoms with Crippen LogP contribution in [-0.2, 0) is 11.0 Å². The second-order valence-electron chi connectivity index (χ2n) is 6.25. The minimum atomic E-state index is -1.69. The van der Waals surface area contributed by atoms with Crippen molar-refractivity contribution >= 4 is 13.8 Å². The molecule has 98 valence electrons. The van der Waals surface area contributed by atoms with Gasteiger partial charge in [-0.15, -0.1) is 0 Å². The third kappa shape index (κ3) is 2.65. The predicted octanol–water partition coefficient (Wildman–Crippen LogP) is 3.86. The third-order valence-electron chi connectivity index (χ3n) is 3.81. The lowest BCUT2D eigenvalue weighted by Gasteiger charge is -2.35. The van der Waals surface area contributed by atoms with Gasteiger partial charge < -0.3 is 4.43 Å². The maximum atomic E-state index is 6.17. The molecule has 0 saturated heterocycles. The van der Waals surface area contributed by atoms with Crippen molar-refractivity contribution in [1.82, 2.24) is 9.61 Å². The van der Waals surface area contributed by atoms with Crippen LogP contribution in [0.5, 0.6) is 0 Å². The van der Waals surface area contributed by atoms with Gasteiger partial charge in [0.1, 0.15) is 0 Å². The summed E-state index contributed by atoms with van der Waals surface area (Å²) in [5.41, 5.74) is 2.12. The molecule has 2 aromatic rings. The summed E-state index contributed by atoms with van der Waals surface area (Å²) in [7, 11) is -1.69. The fourth-order valence-corrected chi connectivity index (χ4v) is 2.47. The van der Waals surface area contributed by atoms with Crippen molar-refractivity contribution in [2.24, 2.45) is 0 Å². The molecule has 0 aliphatic carbocycles. The van der Waals surface area contributed by atoms with Crippen LogP contribution in [0.3, 0.4) is 0 Å². The second-order valence-corrected chi connectivity index (χ2v) is 11.1. The molecule has 2 heterocycles. The zero-order chi connectivity index (χ0) is 13.4. The maximum Gasteiger partial charge on any atom is 0.192 e. The van der Waals surface area contributed by atoms with Crippen molar-refractivity contribution in [2.45, 2.75) is 45.5 Å². The summed E-state index contributed by atoms with van der Waals surface area (Å²) in [5.74, 6) is 0. The first-order chi connectivity index (χ1) is 8.29. The maximum absolute atomic E-state index is 6.17. The fourth-order valence-electron chi connectivity index (χ4n) is 1.53. The first kappa shape index (κ1) is 13.3. The summed E-state index contributed by atoms with van der Waals surface area (Å²) < 4.78 is 8.07. The Balaban J connectivity index is 2.11. The smallest absolute Gasteiger partial charge is 0.192 e. The van der Waals surface area contributed by atoms with E-state index in [1.54, 1.807) is 0 Å². The molecule has 0 atom stereocenters. The highest BCUT2D eigenvalue weighted by Gasteiger charge is 2.37. The van der Waals surface area contributed by atoms with E-state index in [-0.39, 0.29) is 5.04 Å². The van der Waals surface area contributed by atoms with Gasteiger partial charge in [0, 0.05) is 6.20 Å². The van der Waals surface area contributed by atoms with E-state index in [0.717, 1.165) is 11.2 Å². The minimum Gasteiger partial charge on any atom is -0.411 e. The van der Waals surface area contributed by atoms with E-state index in [9.17, 15) is 0 Å². The number of nitrogens with zero attached hydrogens (tertiary/aromatic N) is 2. The molecule has 0 unspecified atom stereocenters. The highest BCUT2D eigenvalue weighted by Crippen LogP contribution is 2.36. The Bertz CT molecular complexity index is 507. The molecule has 0 aliphatic heterocycles. The van der Waals surface area contributed by atoms with Gasteiger partial charge in [-0.3, -0.25) is 0 Å². The normalized spacial score (nSPS) is 13.2. The number of fused-ring (bicyclic) bond motifs is 1. The minimum absolute atomic E-state index is 0.242. The van der Waals surface area contributed by atoms with E-state index in [2.05, 4.69) is 51.1 Å². The lowest BCUT2D eigenvalue weighted by molar-refractivity contribution is 0.271. The van der Waals surface area contributed by atoms with Crippen LogP contribution in [0.2, 0.25) is 18.1 Å². The SMILES string of the molecule is CC(C)(C)[Si](C)(C)OCc1cc2ccccn2n1. The van der Waals surface area contributed by atoms with E-state index in [1.807, 2.05) is 22.8 Å². The number of pyridine rings is 1. The van der Waals surface area contributed by atoms with Crippen molar-refractivity contribution in [2.75, 3.05) is 0 Å². The molecular weight excluding hydrogens is 240 g/mol. The summed E-state index contributed by atoms with van der Waals surface area (Å²) in [6.07, 6.45) is 1.96. The molecule has 0 amide bonds. The van der Waals surface area contributed by atoms with E-state index < -0.39 is 8.32 Å². The molecule has 0 bridgehead atoms. The Hall–Kier alpha value is -1.13. The van der Waals surface area contributed by atoms with Crippen molar-refractivity contribution in [3.05, 3.63) is 36.2 Å². The molecule has 2 rings (SSSR count). The zero-order valence-electron chi connectivity index (χ0n) is 11.9. The van der Waals surface area contributed by atoms with Gasteiger partial charge in [0.2, 0.25) is 0 Å². The van der Waals surface area contributed by atoms with E-state index >= 15 is 0 Å². The largest absolute Gasteiger partial charge is 0.411 e. The molecule has 4 heteroatoms. The van der Waals surface area contributed by atoms with Crippen LogP contribution < -0.4 is 0 Å². The molecule has 0 saturated carbocycles. The van der Waals surface area contributed by atoms with E-state index in [0.29, 0.717) is 6.61 Å². The third-order valence-corrected chi connectivity index (χ3v) is 8.29. The van der Waals surface area contributed by atoms with Gasteiger partial charge in [0.15, 0.2) is 8.32 Å². The van der Waals surface area contributed by atoms with Crippen LogP contribution in [0.1, 0.15) is 26.5 Å². The van der Waals surface area contributed by atoms with Crippen LogP contribution >= 0.6 is 0 Å². The molecule has 3 nitrogen and oxygen atoms in total. The summed E-state index contributed by atoms with van der Waals surface area (Å²) in [4.78, 5) is 0. The molecule has 18 heavy (non-hydrogen) atoms. The van der Waals surface area contributed by atoms with Gasteiger partial charge in [0.25, 0.3) is 0 Å². The summed E-state index contributed by atoms with van der Waals surface area (Å²) in [5, 5.41) is 4.75. The Kier molecular flexibility index (Phi) is 3.34. The van der Waals surface area contributed by atoms with Crippen molar-refractivity contribution in [3.63, 3.8) is 0 Å². The van der Waals surface area contributed by atoms with Crippen LogP contribution in [-0.4, -0.2) is 17.9 Å². The van der Waals surface area contributed by atoms with Crippen LogP contribution in [0.15, 0.2) is 30.5 Å². The van der Waals surface area contributed by atoms with Crippen LogP contribution in [0, 0.1) is 0 Å². The van der Waals surface area contributed by atoms with Gasteiger partial charge in [-0.05, 0) is 36.3 Å². The number of hydrogen-bond donors (Lipinski definition) is 0. The topological polar surface area (TPSA) is 26.5 Å². The average Bonchev–Trinajstić information content (AvgIpc) is 2.67. The Labute approximate surface area is 110 Å². The Morgan fingerprint density at radius 2 is 2.00 bits per heavy atom. The van der Waals surface area contributed by atoms with Gasteiger partial charge in [-0.1, -0.05) is 26.8 Å². The Morgan fingerprint density at radius 1 is 1.28 bits per heavy atom. The highest BCUT2D eigenvalue weighted by molar-refractivity contribution is 6.74. The standard InChI is InChI=1S/C14H22N2OSi/c1-14(2,3)18(4,5)17-11-12-10-13-8-6-7-9-16(13)15-12/h6-10H,11H2,1-5H3. The van der Waals surface area contributed by atoms with Gasteiger partial charge >= 0.3 is 0 Å². The molecule has 2 aromatic heterocycles. The summed E-state index contributed by atoms with van der Waals surface area (Å²) in [6.45, 7) is 11.9. The predicted molar refractivity (Wildman–Crippen MR) is 77.2 cm³/mol. The zero-order valence-corrected chi connectivity index (χ0v) is 12.9. The molecule has 0 aliphatic rings. The lowest BCUT2D eigenvalue weighted by Crippen LogP contribution is -2.40. The van der Waals surface area contributed by atoms with Gasteiger partial charge in [-0.2, -0.15) is 5.10 Å². The molecular formula is C14H22N2OSi. The fraction of sp³-hybridized carbons (Fsp3) is 0.500. The van der Waals surface area contributed by atoms with Crippen LogP contribution in [0.4, 0.5) is 0 Å². The lowest BCUT2D eigenvalue weighted by atomic mass is 10.2. The number of rotatable bonds is 3.